The molecule has 0 unspecified atom stereocenters. The molecule has 3 rings (SSSR count). The summed E-state index contributed by atoms with van der Waals surface area (Å²) >= 11 is 0. The Hall–Kier alpha value is -1.40. The van der Waals surface area contributed by atoms with Crippen molar-refractivity contribution >= 4 is 5.91 Å². The standard InChI is InChI=1S/C18H30N4O2/c1-13-14(2)19-22(15(13)3)10-7-18(24)21-11-16(17(23)12-21)20-8-5-4-6-9-20/h16-17,23H,4-12H2,1-3H3/t16-,17-/m0/s1. The second kappa shape index (κ2) is 7.23. The predicted molar refractivity (Wildman–Crippen MR) is 92.9 cm³/mol. The number of β-amino-alcohol motifs (C(OH)–C–C–N with tert-alkyl or cyclic N) is 1. The van der Waals surface area contributed by atoms with E-state index in [0.717, 1.165) is 24.5 Å². The zero-order chi connectivity index (χ0) is 17.3. The normalized spacial score (nSPS) is 25.4. The number of carbonyl (C=O) groups excluding carboxylic acids is 1. The molecule has 24 heavy (non-hydrogen) atoms. The van der Waals surface area contributed by atoms with Gasteiger partial charge >= 0.3 is 0 Å². The molecule has 0 bridgehead atoms. The zero-order valence-corrected chi connectivity index (χ0v) is 15.2. The monoisotopic (exact) mass is 334 g/mol. The highest BCUT2D eigenvalue weighted by Crippen LogP contribution is 2.21. The average Bonchev–Trinajstić information content (AvgIpc) is 3.09. The highest BCUT2D eigenvalue weighted by atomic mass is 16.3. The van der Waals surface area contributed by atoms with Crippen molar-refractivity contribution in [2.45, 2.75) is 65.1 Å². The lowest BCUT2D eigenvalue weighted by Gasteiger charge is -2.33. The van der Waals surface area contributed by atoms with Gasteiger partial charge in [0, 0.05) is 31.7 Å². The number of carbonyl (C=O) groups is 1. The lowest BCUT2D eigenvalue weighted by atomic mass is 10.1. The molecule has 134 valence electrons. The predicted octanol–water partition coefficient (Wildman–Crippen LogP) is 1.26. The first-order valence-corrected chi connectivity index (χ1v) is 9.18. The minimum atomic E-state index is -0.414. The van der Waals surface area contributed by atoms with Crippen molar-refractivity contribution in [2.75, 3.05) is 26.2 Å². The van der Waals surface area contributed by atoms with Crippen LogP contribution in [0, 0.1) is 20.8 Å². The van der Waals surface area contributed by atoms with Crippen LogP contribution in [0.3, 0.4) is 0 Å². The highest BCUT2D eigenvalue weighted by Gasteiger charge is 2.37. The van der Waals surface area contributed by atoms with E-state index in [4.69, 9.17) is 0 Å². The molecule has 1 N–H and O–H groups in total. The SMILES string of the molecule is Cc1nn(CCC(=O)N2C[C@H](O)[C@@H](N3CCCCC3)C2)c(C)c1C. The maximum Gasteiger partial charge on any atom is 0.224 e. The van der Waals surface area contributed by atoms with Crippen LogP contribution in [0.1, 0.15) is 42.6 Å². The summed E-state index contributed by atoms with van der Waals surface area (Å²) in [6.45, 7) is 9.96. The van der Waals surface area contributed by atoms with Gasteiger partial charge in [-0.3, -0.25) is 14.4 Å². The van der Waals surface area contributed by atoms with Crippen molar-refractivity contribution in [3.63, 3.8) is 0 Å². The van der Waals surface area contributed by atoms with Gasteiger partial charge < -0.3 is 10.0 Å². The molecule has 0 spiro atoms. The number of aliphatic hydroxyl groups excluding tert-OH is 1. The minimum absolute atomic E-state index is 0.116. The fourth-order valence-electron chi connectivity index (χ4n) is 3.95. The molecule has 2 saturated heterocycles. The quantitative estimate of drug-likeness (QED) is 0.900. The average molecular weight is 334 g/mol. The number of nitrogens with zero attached hydrogens (tertiary/aromatic N) is 4. The van der Waals surface area contributed by atoms with Crippen LogP contribution in [-0.4, -0.2) is 68.9 Å². The van der Waals surface area contributed by atoms with Gasteiger partial charge in [0.15, 0.2) is 0 Å². The molecule has 0 aliphatic carbocycles. The third kappa shape index (κ3) is 3.49. The summed E-state index contributed by atoms with van der Waals surface area (Å²) in [7, 11) is 0. The van der Waals surface area contributed by atoms with E-state index >= 15 is 0 Å². The molecule has 6 heteroatoms. The first-order valence-electron chi connectivity index (χ1n) is 9.18. The minimum Gasteiger partial charge on any atom is -0.390 e. The fourth-order valence-corrected chi connectivity index (χ4v) is 3.95. The van der Waals surface area contributed by atoms with Gasteiger partial charge in [-0.05, 0) is 52.3 Å². The third-order valence-corrected chi connectivity index (χ3v) is 5.75. The molecule has 1 aromatic rings. The number of likely N-dealkylation sites (tertiary alicyclic amines) is 2. The zero-order valence-electron chi connectivity index (χ0n) is 15.2. The smallest absolute Gasteiger partial charge is 0.224 e. The van der Waals surface area contributed by atoms with E-state index < -0.39 is 6.10 Å². The van der Waals surface area contributed by atoms with Crippen molar-refractivity contribution in [2.24, 2.45) is 0 Å². The Bertz CT molecular complexity index is 592. The fraction of sp³-hybridized carbons (Fsp3) is 0.778. The second-order valence-corrected chi connectivity index (χ2v) is 7.30. The number of rotatable bonds is 4. The summed E-state index contributed by atoms with van der Waals surface area (Å²) < 4.78 is 1.93. The molecule has 0 saturated carbocycles. The van der Waals surface area contributed by atoms with Crippen molar-refractivity contribution in [3.05, 3.63) is 17.0 Å². The number of hydrogen-bond donors (Lipinski definition) is 1. The number of aliphatic hydroxyl groups is 1. The first kappa shape index (κ1) is 17.4. The number of amides is 1. The van der Waals surface area contributed by atoms with Gasteiger partial charge in [0.25, 0.3) is 0 Å². The second-order valence-electron chi connectivity index (χ2n) is 7.30. The molecule has 2 aliphatic rings. The number of aryl methyl sites for hydroxylation is 2. The van der Waals surface area contributed by atoms with E-state index in [1.54, 1.807) is 0 Å². The van der Waals surface area contributed by atoms with Crippen LogP contribution in [-0.2, 0) is 11.3 Å². The Balaban J connectivity index is 1.54. The van der Waals surface area contributed by atoms with Crippen LogP contribution in [0.4, 0.5) is 0 Å². The Morgan fingerprint density at radius 2 is 1.88 bits per heavy atom. The molecule has 1 amide bonds. The van der Waals surface area contributed by atoms with Gasteiger partial charge in [-0.2, -0.15) is 5.10 Å². The summed E-state index contributed by atoms with van der Waals surface area (Å²) in [4.78, 5) is 16.8. The molecule has 1 aromatic heterocycles. The Labute approximate surface area is 144 Å². The molecular formula is C18H30N4O2. The summed E-state index contributed by atoms with van der Waals surface area (Å²) in [6.07, 6.45) is 3.72. The molecule has 2 fully saturated rings. The molecule has 0 radical (unpaired) electrons. The van der Waals surface area contributed by atoms with Crippen LogP contribution in [0.5, 0.6) is 0 Å². The molecule has 2 atom stereocenters. The summed E-state index contributed by atoms with van der Waals surface area (Å²) in [5.41, 5.74) is 3.36. The summed E-state index contributed by atoms with van der Waals surface area (Å²) in [5.74, 6) is 0.124. The van der Waals surface area contributed by atoms with E-state index in [-0.39, 0.29) is 11.9 Å². The van der Waals surface area contributed by atoms with E-state index in [9.17, 15) is 9.90 Å². The van der Waals surface area contributed by atoms with E-state index in [0.29, 0.717) is 26.1 Å². The van der Waals surface area contributed by atoms with E-state index in [1.807, 2.05) is 23.4 Å². The van der Waals surface area contributed by atoms with Crippen LogP contribution in [0.2, 0.25) is 0 Å². The van der Waals surface area contributed by atoms with Crippen LogP contribution >= 0.6 is 0 Å². The largest absolute Gasteiger partial charge is 0.390 e. The third-order valence-electron chi connectivity index (χ3n) is 5.75. The van der Waals surface area contributed by atoms with Crippen molar-refractivity contribution in [3.8, 4) is 0 Å². The van der Waals surface area contributed by atoms with Gasteiger partial charge in [-0.15, -0.1) is 0 Å². The van der Waals surface area contributed by atoms with Crippen molar-refractivity contribution < 1.29 is 9.90 Å². The number of hydrogen-bond acceptors (Lipinski definition) is 4. The Morgan fingerprint density at radius 1 is 1.17 bits per heavy atom. The van der Waals surface area contributed by atoms with Gasteiger partial charge in [-0.25, -0.2) is 0 Å². The first-order chi connectivity index (χ1) is 11.5. The van der Waals surface area contributed by atoms with Crippen molar-refractivity contribution in [1.82, 2.24) is 19.6 Å². The van der Waals surface area contributed by atoms with Gasteiger partial charge in [-0.1, -0.05) is 6.42 Å². The Morgan fingerprint density at radius 3 is 2.50 bits per heavy atom. The van der Waals surface area contributed by atoms with Gasteiger partial charge in [0.05, 0.1) is 17.8 Å². The van der Waals surface area contributed by atoms with Crippen LogP contribution < -0.4 is 0 Å². The van der Waals surface area contributed by atoms with Gasteiger partial charge in [0.1, 0.15) is 0 Å². The maximum atomic E-state index is 12.6. The van der Waals surface area contributed by atoms with E-state index in [2.05, 4.69) is 16.9 Å². The Kier molecular flexibility index (Phi) is 5.25. The van der Waals surface area contributed by atoms with Crippen molar-refractivity contribution in [1.29, 1.82) is 0 Å². The lowest BCUT2D eigenvalue weighted by molar-refractivity contribution is -0.130. The van der Waals surface area contributed by atoms with Crippen LogP contribution in [0.15, 0.2) is 0 Å². The maximum absolute atomic E-state index is 12.6. The lowest BCUT2D eigenvalue weighted by Crippen LogP contribution is -2.46. The molecule has 3 heterocycles. The topological polar surface area (TPSA) is 61.6 Å². The van der Waals surface area contributed by atoms with Gasteiger partial charge in [0.2, 0.25) is 5.91 Å². The molecule has 0 aromatic carbocycles. The number of piperidine rings is 1. The van der Waals surface area contributed by atoms with Crippen LogP contribution in [0.25, 0.3) is 0 Å². The molecule has 6 nitrogen and oxygen atoms in total. The van der Waals surface area contributed by atoms with E-state index in [1.165, 1.54) is 24.8 Å². The summed E-state index contributed by atoms with van der Waals surface area (Å²) in [5, 5.41) is 14.9. The molecular weight excluding hydrogens is 304 g/mol. The summed E-state index contributed by atoms with van der Waals surface area (Å²) in [6, 6.07) is 0.116. The molecule has 2 aliphatic heterocycles. The number of aromatic nitrogens is 2. The highest BCUT2D eigenvalue weighted by molar-refractivity contribution is 5.76.